The highest BCUT2D eigenvalue weighted by Gasteiger charge is 2.35. The molecule has 110 valence electrons. The molecular weight excluding hydrogens is 297 g/mol. The summed E-state index contributed by atoms with van der Waals surface area (Å²) in [4.78, 5) is 20.2. The standard InChI is InChI=1S/C9H9NO2S.C2H2F3NO/c11-10(12)7-1-3-8(4-2-7)13-9-5-6-9;3-2(4,5)1(6)7/h1-4,9H,5-6H2;(H2,6,7). The lowest BCUT2D eigenvalue weighted by Crippen LogP contribution is -2.30. The number of amides is 1. The third kappa shape index (κ3) is 5.91. The minimum Gasteiger partial charge on any atom is -0.362 e. The Morgan fingerprint density at radius 2 is 1.75 bits per heavy atom. The zero-order valence-corrected chi connectivity index (χ0v) is 10.9. The van der Waals surface area contributed by atoms with E-state index in [1.54, 1.807) is 12.1 Å². The number of primary amides is 1. The molecule has 1 aliphatic carbocycles. The molecule has 1 saturated carbocycles. The molecule has 1 aromatic rings. The molecule has 0 aliphatic heterocycles. The molecule has 2 rings (SSSR count). The summed E-state index contributed by atoms with van der Waals surface area (Å²) in [6, 6.07) is 6.76. The number of nitrogens with zero attached hydrogens (tertiary/aromatic N) is 1. The number of hydrogen-bond acceptors (Lipinski definition) is 4. The van der Waals surface area contributed by atoms with Crippen molar-refractivity contribution in [2.24, 2.45) is 5.73 Å². The van der Waals surface area contributed by atoms with Crippen LogP contribution in [0.2, 0.25) is 0 Å². The van der Waals surface area contributed by atoms with E-state index in [0.717, 1.165) is 10.1 Å². The fraction of sp³-hybridized carbons (Fsp3) is 0.364. The SMILES string of the molecule is NC(=O)C(F)(F)F.O=[N+]([O-])c1ccc(SC2CC2)cc1. The number of thioether (sulfide) groups is 1. The van der Waals surface area contributed by atoms with Gasteiger partial charge in [-0.15, -0.1) is 11.8 Å². The first-order valence-electron chi connectivity index (χ1n) is 5.48. The Morgan fingerprint density at radius 3 is 2.05 bits per heavy atom. The van der Waals surface area contributed by atoms with Crippen LogP contribution in [0.1, 0.15) is 12.8 Å². The number of nitrogens with two attached hydrogens (primary N) is 1. The molecule has 0 atom stereocenters. The van der Waals surface area contributed by atoms with Crippen LogP contribution in [0.25, 0.3) is 0 Å². The highest BCUT2D eigenvalue weighted by Crippen LogP contribution is 2.39. The monoisotopic (exact) mass is 308 g/mol. The second-order valence-electron chi connectivity index (χ2n) is 3.93. The minimum absolute atomic E-state index is 0.167. The van der Waals surface area contributed by atoms with Crippen LogP contribution < -0.4 is 5.73 Å². The van der Waals surface area contributed by atoms with E-state index in [2.05, 4.69) is 5.73 Å². The maximum Gasteiger partial charge on any atom is 0.470 e. The lowest BCUT2D eigenvalue weighted by atomic mass is 10.3. The molecule has 0 spiro atoms. The van der Waals surface area contributed by atoms with Crippen molar-refractivity contribution in [1.29, 1.82) is 0 Å². The van der Waals surface area contributed by atoms with Gasteiger partial charge in [0.2, 0.25) is 0 Å². The van der Waals surface area contributed by atoms with E-state index in [0.29, 0.717) is 0 Å². The molecule has 1 aromatic carbocycles. The van der Waals surface area contributed by atoms with Crippen molar-refractivity contribution in [1.82, 2.24) is 0 Å². The summed E-state index contributed by atoms with van der Waals surface area (Å²) in [6.45, 7) is 0. The Kier molecular flexibility index (Phi) is 5.37. The van der Waals surface area contributed by atoms with E-state index in [4.69, 9.17) is 4.79 Å². The van der Waals surface area contributed by atoms with Gasteiger partial charge in [-0.3, -0.25) is 14.9 Å². The second kappa shape index (κ2) is 6.60. The lowest BCUT2D eigenvalue weighted by Gasteiger charge is -1.97. The van der Waals surface area contributed by atoms with Crippen LogP contribution in [0.3, 0.4) is 0 Å². The number of nitro benzene ring substituents is 1. The molecule has 0 saturated heterocycles. The minimum atomic E-state index is -4.86. The van der Waals surface area contributed by atoms with Crippen molar-refractivity contribution in [2.75, 3.05) is 0 Å². The van der Waals surface area contributed by atoms with E-state index in [9.17, 15) is 23.3 Å². The molecule has 20 heavy (non-hydrogen) atoms. The molecule has 1 fully saturated rings. The average Bonchev–Trinajstić information content (AvgIpc) is 3.13. The van der Waals surface area contributed by atoms with Gasteiger partial charge < -0.3 is 5.73 Å². The van der Waals surface area contributed by atoms with Crippen LogP contribution >= 0.6 is 11.8 Å². The number of halogens is 3. The van der Waals surface area contributed by atoms with Gasteiger partial charge in [-0.1, -0.05) is 0 Å². The molecule has 0 unspecified atom stereocenters. The predicted molar refractivity (Wildman–Crippen MR) is 67.2 cm³/mol. The topological polar surface area (TPSA) is 86.2 Å². The maximum atomic E-state index is 10.7. The van der Waals surface area contributed by atoms with Crippen molar-refractivity contribution in [3.8, 4) is 0 Å². The summed E-state index contributed by atoms with van der Waals surface area (Å²) in [6.07, 6.45) is -2.30. The van der Waals surface area contributed by atoms with E-state index < -0.39 is 12.1 Å². The van der Waals surface area contributed by atoms with Gasteiger partial charge in [0.25, 0.3) is 5.69 Å². The largest absolute Gasteiger partial charge is 0.470 e. The number of non-ortho nitro benzene ring substituents is 1. The fourth-order valence-electron chi connectivity index (χ4n) is 1.02. The summed E-state index contributed by atoms with van der Waals surface area (Å²) in [7, 11) is 0. The number of nitro groups is 1. The van der Waals surface area contributed by atoms with Gasteiger partial charge in [-0.25, -0.2) is 0 Å². The number of hydrogen-bond donors (Lipinski definition) is 1. The first kappa shape index (κ1) is 16.3. The smallest absolute Gasteiger partial charge is 0.362 e. The summed E-state index contributed by atoms with van der Waals surface area (Å²) in [5, 5.41) is 11.1. The first-order valence-corrected chi connectivity index (χ1v) is 6.36. The van der Waals surface area contributed by atoms with Gasteiger partial charge in [-0.05, 0) is 25.0 Å². The van der Waals surface area contributed by atoms with E-state index >= 15 is 0 Å². The third-order valence-electron chi connectivity index (χ3n) is 2.15. The Labute approximate surface area is 116 Å². The quantitative estimate of drug-likeness (QED) is 0.687. The van der Waals surface area contributed by atoms with E-state index in [1.807, 2.05) is 23.9 Å². The van der Waals surface area contributed by atoms with Crippen molar-refractivity contribution >= 4 is 23.4 Å². The molecule has 2 N–H and O–H groups in total. The van der Waals surface area contributed by atoms with Gasteiger partial charge in [0.1, 0.15) is 0 Å². The summed E-state index contributed by atoms with van der Waals surface area (Å²) < 4.78 is 32.1. The zero-order chi connectivity index (χ0) is 15.3. The van der Waals surface area contributed by atoms with Crippen LogP contribution in [0.5, 0.6) is 0 Å². The molecular formula is C11H11F3N2O3S. The molecule has 5 nitrogen and oxygen atoms in total. The molecule has 0 bridgehead atoms. The van der Waals surface area contributed by atoms with Gasteiger partial charge in [0.15, 0.2) is 0 Å². The van der Waals surface area contributed by atoms with Crippen LogP contribution in [0, 0.1) is 10.1 Å². The van der Waals surface area contributed by atoms with Gasteiger partial charge in [-0.2, -0.15) is 13.2 Å². The number of rotatable bonds is 3. The number of alkyl halides is 3. The summed E-state index contributed by atoms with van der Waals surface area (Å²) in [5.41, 5.74) is 3.97. The zero-order valence-electron chi connectivity index (χ0n) is 10.1. The van der Waals surface area contributed by atoms with Gasteiger partial charge in [0, 0.05) is 22.3 Å². The van der Waals surface area contributed by atoms with Crippen molar-refractivity contribution in [2.45, 2.75) is 29.2 Å². The normalized spacial score (nSPS) is 14.2. The number of carbonyl (C=O) groups excluding carboxylic acids is 1. The van der Waals surface area contributed by atoms with E-state index in [1.165, 1.54) is 12.8 Å². The predicted octanol–water partition coefficient (Wildman–Crippen LogP) is 2.88. The molecule has 0 aromatic heterocycles. The highest BCUT2D eigenvalue weighted by atomic mass is 32.2. The Hall–Kier alpha value is -1.77. The van der Waals surface area contributed by atoms with Gasteiger partial charge in [0.05, 0.1) is 4.92 Å². The molecule has 0 heterocycles. The molecule has 1 aliphatic rings. The maximum absolute atomic E-state index is 10.7. The highest BCUT2D eigenvalue weighted by molar-refractivity contribution is 8.00. The fourth-order valence-corrected chi connectivity index (χ4v) is 2.07. The van der Waals surface area contributed by atoms with Crippen molar-refractivity contribution < 1.29 is 22.9 Å². The van der Waals surface area contributed by atoms with Crippen LogP contribution in [-0.2, 0) is 4.79 Å². The first-order chi connectivity index (χ1) is 9.20. The van der Waals surface area contributed by atoms with Crippen LogP contribution in [0.15, 0.2) is 29.2 Å². The average molecular weight is 308 g/mol. The lowest BCUT2D eigenvalue weighted by molar-refractivity contribution is -0.384. The number of benzene rings is 1. The number of carbonyl (C=O) groups is 1. The van der Waals surface area contributed by atoms with Crippen LogP contribution in [-0.4, -0.2) is 22.3 Å². The Morgan fingerprint density at radius 1 is 1.30 bits per heavy atom. The van der Waals surface area contributed by atoms with Crippen molar-refractivity contribution in [3.05, 3.63) is 34.4 Å². The second-order valence-corrected chi connectivity index (χ2v) is 5.30. The Bertz CT molecular complexity index is 487. The third-order valence-corrected chi connectivity index (χ3v) is 3.50. The summed E-state index contributed by atoms with van der Waals surface area (Å²) >= 11 is 1.81. The molecule has 1 amide bonds. The Balaban J connectivity index is 0.000000246. The summed E-state index contributed by atoms with van der Waals surface area (Å²) in [5.74, 6) is -2.26. The van der Waals surface area contributed by atoms with Gasteiger partial charge >= 0.3 is 12.1 Å². The van der Waals surface area contributed by atoms with E-state index in [-0.39, 0.29) is 10.6 Å². The molecule has 0 radical (unpaired) electrons. The molecule has 9 heteroatoms. The van der Waals surface area contributed by atoms with Crippen LogP contribution in [0.4, 0.5) is 18.9 Å². The van der Waals surface area contributed by atoms with Crippen molar-refractivity contribution in [3.63, 3.8) is 0 Å².